The number of nitrogens with zero attached hydrogens (tertiary/aromatic N) is 1. The van der Waals surface area contributed by atoms with E-state index in [9.17, 15) is 9.59 Å². The number of furan rings is 1. The van der Waals surface area contributed by atoms with Gasteiger partial charge in [-0.3, -0.25) is 4.79 Å². The van der Waals surface area contributed by atoms with E-state index in [0.29, 0.717) is 29.8 Å². The number of nitrogens with one attached hydrogen (secondary N) is 1. The van der Waals surface area contributed by atoms with Crippen molar-refractivity contribution in [3.63, 3.8) is 0 Å². The van der Waals surface area contributed by atoms with Gasteiger partial charge in [-0.05, 0) is 31.4 Å². The summed E-state index contributed by atoms with van der Waals surface area (Å²) in [4.78, 5) is 25.6. The molecule has 6 nitrogen and oxygen atoms in total. The molecule has 1 aliphatic rings. The minimum atomic E-state index is -0.486. The average Bonchev–Trinajstić information content (AvgIpc) is 3.08. The predicted octanol–water partition coefficient (Wildman–Crippen LogP) is 3.11. The van der Waals surface area contributed by atoms with E-state index in [0.717, 1.165) is 32.1 Å². The minimum absolute atomic E-state index is 0.00180. The zero-order valence-electron chi connectivity index (χ0n) is 14.1. The molecule has 2 amide bonds. The van der Waals surface area contributed by atoms with E-state index < -0.39 is 6.09 Å². The second-order valence-corrected chi connectivity index (χ2v) is 6.53. The lowest BCUT2D eigenvalue weighted by Gasteiger charge is -2.21. The third kappa shape index (κ3) is 7.38. The third-order valence-corrected chi connectivity index (χ3v) is 4.48. The molecule has 0 aliphatic heterocycles. The van der Waals surface area contributed by atoms with E-state index in [-0.39, 0.29) is 12.0 Å². The fraction of sp³-hybridized carbons (Fsp3) is 0.556. The number of hydrogen-bond donors (Lipinski definition) is 1. The van der Waals surface area contributed by atoms with Crippen LogP contribution in [0.25, 0.3) is 0 Å². The SMILES string of the molecule is O=C(NCCN(Cc1ccco1)C(=O)CI)OC1C#CCCCCC1. The first-order valence-corrected chi connectivity index (χ1v) is 10.0. The van der Waals surface area contributed by atoms with Gasteiger partial charge in [0.25, 0.3) is 0 Å². The fourth-order valence-electron chi connectivity index (χ4n) is 2.50. The highest BCUT2D eigenvalue weighted by molar-refractivity contribution is 14.1. The molecule has 7 heteroatoms. The van der Waals surface area contributed by atoms with E-state index in [2.05, 4.69) is 17.2 Å². The molecular formula is C18H23IN2O4. The Morgan fingerprint density at radius 1 is 1.40 bits per heavy atom. The number of amides is 2. The van der Waals surface area contributed by atoms with Crippen LogP contribution in [0.1, 0.15) is 37.9 Å². The van der Waals surface area contributed by atoms with Crippen LogP contribution in [0.5, 0.6) is 0 Å². The molecule has 1 aromatic rings. The summed E-state index contributed by atoms with van der Waals surface area (Å²) in [5, 5.41) is 2.70. The van der Waals surface area contributed by atoms with Gasteiger partial charge in [-0.1, -0.05) is 40.9 Å². The average molecular weight is 458 g/mol. The number of ether oxygens (including phenoxy) is 1. The molecule has 25 heavy (non-hydrogen) atoms. The molecule has 2 rings (SSSR count). The van der Waals surface area contributed by atoms with Crippen LogP contribution in [0.15, 0.2) is 22.8 Å². The summed E-state index contributed by atoms with van der Waals surface area (Å²) < 4.78 is 11.0. The number of halogens is 1. The Morgan fingerprint density at radius 3 is 3.04 bits per heavy atom. The largest absolute Gasteiger partial charge is 0.467 e. The zero-order valence-corrected chi connectivity index (χ0v) is 16.3. The number of alkyl carbamates (subject to hydrolysis) is 1. The molecular weight excluding hydrogens is 435 g/mol. The first-order chi connectivity index (χ1) is 12.2. The molecule has 0 saturated carbocycles. The van der Waals surface area contributed by atoms with Crippen molar-refractivity contribution in [2.75, 3.05) is 17.5 Å². The smallest absolute Gasteiger partial charge is 0.408 e. The molecule has 1 aromatic heterocycles. The van der Waals surface area contributed by atoms with Gasteiger partial charge in [0.15, 0.2) is 6.10 Å². The topological polar surface area (TPSA) is 71.8 Å². The maximum absolute atomic E-state index is 12.0. The van der Waals surface area contributed by atoms with E-state index in [1.54, 1.807) is 17.2 Å². The summed E-state index contributed by atoms with van der Waals surface area (Å²) in [7, 11) is 0. The van der Waals surface area contributed by atoms with Crippen molar-refractivity contribution < 1.29 is 18.7 Å². The van der Waals surface area contributed by atoms with Gasteiger partial charge in [-0.15, -0.1) is 0 Å². The number of rotatable bonds is 7. The fourth-order valence-corrected chi connectivity index (χ4v) is 2.98. The highest BCUT2D eigenvalue weighted by atomic mass is 127. The summed E-state index contributed by atoms with van der Waals surface area (Å²) in [6.07, 6.45) is 5.65. The lowest BCUT2D eigenvalue weighted by molar-refractivity contribution is -0.128. The molecule has 1 heterocycles. The van der Waals surface area contributed by atoms with Crippen molar-refractivity contribution in [2.45, 2.75) is 44.8 Å². The Hall–Kier alpha value is -1.69. The Balaban J connectivity index is 1.76. The van der Waals surface area contributed by atoms with Crippen LogP contribution in [0, 0.1) is 11.8 Å². The highest BCUT2D eigenvalue weighted by Crippen LogP contribution is 2.11. The van der Waals surface area contributed by atoms with Gasteiger partial charge in [-0.2, -0.15) is 0 Å². The molecule has 0 fully saturated rings. The summed E-state index contributed by atoms with van der Waals surface area (Å²) >= 11 is 2.03. The van der Waals surface area contributed by atoms with Crippen LogP contribution in [-0.4, -0.2) is 40.5 Å². The molecule has 0 aromatic carbocycles. The van der Waals surface area contributed by atoms with Gasteiger partial charge >= 0.3 is 6.09 Å². The predicted molar refractivity (Wildman–Crippen MR) is 102 cm³/mol. The van der Waals surface area contributed by atoms with Crippen molar-refractivity contribution >= 4 is 34.6 Å². The second-order valence-electron chi connectivity index (χ2n) is 5.77. The molecule has 1 atom stereocenters. The number of carbonyl (C=O) groups is 2. The van der Waals surface area contributed by atoms with Crippen LogP contribution in [0.2, 0.25) is 0 Å². The van der Waals surface area contributed by atoms with Crippen LogP contribution in [0.4, 0.5) is 4.79 Å². The molecule has 0 bridgehead atoms. The second kappa shape index (κ2) is 11.0. The summed E-state index contributed by atoms with van der Waals surface area (Å²) in [6, 6.07) is 3.61. The number of alkyl halides is 1. The van der Waals surface area contributed by atoms with Crippen molar-refractivity contribution in [1.82, 2.24) is 10.2 Å². The summed E-state index contributed by atoms with van der Waals surface area (Å²) in [5.41, 5.74) is 0. The molecule has 0 saturated heterocycles. The third-order valence-electron chi connectivity index (χ3n) is 3.83. The quantitative estimate of drug-likeness (QED) is 0.387. The molecule has 1 N–H and O–H groups in total. The summed E-state index contributed by atoms with van der Waals surface area (Å²) in [5.74, 6) is 6.75. The normalized spacial score (nSPS) is 16.8. The van der Waals surface area contributed by atoms with E-state index in [1.807, 2.05) is 28.7 Å². The minimum Gasteiger partial charge on any atom is -0.467 e. The van der Waals surface area contributed by atoms with Crippen molar-refractivity contribution in [3.05, 3.63) is 24.2 Å². The Bertz CT molecular complexity index is 606. The van der Waals surface area contributed by atoms with E-state index >= 15 is 0 Å². The molecule has 1 aliphatic carbocycles. The maximum atomic E-state index is 12.0. The zero-order chi connectivity index (χ0) is 17.9. The molecule has 0 spiro atoms. The van der Waals surface area contributed by atoms with Crippen LogP contribution < -0.4 is 5.32 Å². The van der Waals surface area contributed by atoms with Crippen LogP contribution in [-0.2, 0) is 16.1 Å². The number of carbonyl (C=O) groups excluding carboxylic acids is 2. The first-order valence-electron chi connectivity index (χ1n) is 8.48. The molecule has 136 valence electrons. The maximum Gasteiger partial charge on any atom is 0.408 e. The van der Waals surface area contributed by atoms with Gasteiger partial charge in [-0.25, -0.2) is 4.79 Å². The Labute approximate surface area is 161 Å². The van der Waals surface area contributed by atoms with Crippen LogP contribution in [0.3, 0.4) is 0 Å². The lowest BCUT2D eigenvalue weighted by atomic mass is 10.1. The van der Waals surface area contributed by atoms with E-state index in [1.165, 1.54) is 0 Å². The van der Waals surface area contributed by atoms with Crippen LogP contribution >= 0.6 is 22.6 Å². The highest BCUT2D eigenvalue weighted by Gasteiger charge is 2.16. The van der Waals surface area contributed by atoms with Gasteiger partial charge in [0.1, 0.15) is 5.76 Å². The lowest BCUT2D eigenvalue weighted by Crippen LogP contribution is -2.39. The standard InChI is InChI=1S/C18H23IN2O4/c19-13-17(22)21(14-16-9-6-12-24-16)11-10-20-18(23)25-15-7-4-2-1-3-5-8-15/h6,9,12,15H,1-4,7,10-11,13-14H2,(H,20,23). The molecule has 0 radical (unpaired) electrons. The Morgan fingerprint density at radius 2 is 2.28 bits per heavy atom. The van der Waals surface area contributed by atoms with Gasteiger partial charge in [0, 0.05) is 19.5 Å². The Kier molecular flexibility index (Phi) is 8.66. The first kappa shape index (κ1) is 19.6. The monoisotopic (exact) mass is 458 g/mol. The number of hydrogen-bond acceptors (Lipinski definition) is 4. The molecule has 1 unspecified atom stereocenters. The van der Waals surface area contributed by atoms with Gasteiger partial charge in [0.2, 0.25) is 5.91 Å². The van der Waals surface area contributed by atoms with Crippen molar-refractivity contribution in [2.24, 2.45) is 0 Å². The van der Waals surface area contributed by atoms with Gasteiger partial charge in [0.05, 0.1) is 17.2 Å². The van der Waals surface area contributed by atoms with Gasteiger partial charge < -0.3 is 19.4 Å². The summed E-state index contributed by atoms with van der Waals surface area (Å²) in [6.45, 7) is 1.11. The van der Waals surface area contributed by atoms with Crippen molar-refractivity contribution in [1.29, 1.82) is 0 Å². The van der Waals surface area contributed by atoms with Crippen molar-refractivity contribution in [3.8, 4) is 11.8 Å². The van der Waals surface area contributed by atoms with E-state index in [4.69, 9.17) is 9.15 Å².